The summed E-state index contributed by atoms with van der Waals surface area (Å²) in [7, 11) is 0. The Morgan fingerprint density at radius 1 is 0.345 bits per heavy atom. The van der Waals surface area contributed by atoms with Gasteiger partial charge in [-0.15, -0.1) is 0 Å². The number of hydrogen-bond acceptors (Lipinski definition) is 4. The van der Waals surface area contributed by atoms with Crippen molar-refractivity contribution in [2.24, 2.45) is 0 Å². The SMILES string of the molecule is c1ccc(-c2cc(-c3cc4c(-c5ccccc5)nc5c(N(c6ccccc6)c6ccccc6)cccc5c4c4ccccc34)nc(-c3ccccc3)n2)cc1. The van der Waals surface area contributed by atoms with Crippen LogP contribution >= 0.6 is 0 Å². The molecule has 0 saturated carbocycles. The summed E-state index contributed by atoms with van der Waals surface area (Å²) >= 11 is 0. The van der Waals surface area contributed by atoms with E-state index in [-0.39, 0.29) is 0 Å². The van der Waals surface area contributed by atoms with Crippen LogP contribution in [-0.2, 0) is 0 Å². The van der Waals surface area contributed by atoms with E-state index in [1.165, 1.54) is 0 Å². The van der Waals surface area contributed by atoms with Gasteiger partial charge in [0.15, 0.2) is 5.82 Å². The standard InChI is InChI=1S/C51H34N4/c1-6-19-35(20-7-1)45-34-46(53-51(52-45)37-23-10-3-11-24-37)43-33-44-48(41-30-17-16-29-40(41)43)42-31-18-32-47(50(42)54-49(44)36-21-8-2-9-22-36)55(38-25-12-4-13-26-38)39-27-14-5-15-28-39/h1-34H. The van der Waals surface area contributed by atoms with E-state index in [0.29, 0.717) is 5.82 Å². The van der Waals surface area contributed by atoms with E-state index in [1.807, 2.05) is 24.3 Å². The van der Waals surface area contributed by atoms with Crippen molar-refractivity contribution in [1.29, 1.82) is 0 Å². The van der Waals surface area contributed by atoms with Gasteiger partial charge in [0.2, 0.25) is 0 Å². The van der Waals surface area contributed by atoms with E-state index in [1.54, 1.807) is 0 Å². The molecule has 0 aliphatic carbocycles. The van der Waals surface area contributed by atoms with Crippen molar-refractivity contribution in [3.63, 3.8) is 0 Å². The van der Waals surface area contributed by atoms with Crippen LogP contribution < -0.4 is 4.90 Å². The highest BCUT2D eigenvalue weighted by molar-refractivity contribution is 6.26. The van der Waals surface area contributed by atoms with Crippen molar-refractivity contribution in [3.8, 4) is 45.2 Å². The van der Waals surface area contributed by atoms with E-state index in [0.717, 1.165) is 88.8 Å². The van der Waals surface area contributed by atoms with Crippen LogP contribution in [0, 0.1) is 0 Å². The van der Waals surface area contributed by atoms with Gasteiger partial charge in [0.1, 0.15) is 0 Å². The first-order valence-corrected chi connectivity index (χ1v) is 18.5. The smallest absolute Gasteiger partial charge is 0.160 e. The number of benzene rings is 8. The summed E-state index contributed by atoms with van der Waals surface area (Å²) in [5.41, 5.74) is 10.8. The van der Waals surface area contributed by atoms with E-state index in [4.69, 9.17) is 15.0 Å². The molecule has 2 heterocycles. The first kappa shape index (κ1) is 32.2. The average molecular weight is 703 g/mol. The Kier molecular flexibility index (Phi) is 8.12. The number of rotatable bonds is 7. The fourth-order valence-corrected chi connectivity index (χ4v) is 7.72. The summed E-state index contributed by atoms with van der Waals surface area (Å²) < 4.78 is 0. The van der Waals surface area contributed by atoms with Crippen molar-refractivity contribution in [2.75, 3.05) is 4.90 Å². The third kappa shape index (κ3) is 5.87. The second-order valence-electron chi connectivity index (χ2n) is 13.6. The van der Waals surface area contributed by atoms with Gasteiger partial charge in [0, 0.05) is 49.8 Å². The number of fused-ring (bicyclic) bond motifs is 5. The zero-order valence-electron chi connectivity index (χ0n) is 29.9. The average Bonchev–Trinajstić information content (AvgIpc) is 3.27. The first-order valence-electron chi connectivity index (χ1n) is 18.5. The van der Waals surface area contributed by atoms with Gasteiger partial charge in [0.05, 0.1) is 28.3 Å². The van der Waals surface area contributed by atoms with E-state index in [2.05, 4.69) is 187 Å². The largest absolute Gasteiger partial charge is 0.308 e. The summed E-state index contributed by atoms with van der Waals surface area (Å²) in [4.78, 5) is 18.3. The van der Waals surface area contributed by atoms with Crippen molar-refractivity contribution in [2.45, 2.75) is 0 Å². The van der Waals surface area contributed by atoms with Gasteiger partial charge in [0.25, 0.3) is 0 Å². The van der Waals surface area contributed by atoms with Gasteiger partial charge >= 0.3 is 0 Å². The lowest BCUT2D eigenvalue weighted by Gasteiger charge is -2.27. The quantitative estimate of drug-likeness (QED) is 0.155. The van der Waals surface area contributed by atoms with Gasteiger partial charge in [-0.1, -0.05) is 164 Å². The molecule has 4 heteroatoms. The normalized spacial score (nSPS) is 11.3. The number of nitrogens with zero attached hydrogens (tertiary/aromatic N) is 4. The zero-order chi connectivity index (χ0) is 36.6. The lowest BCUT2D eigenvalue weighted by atomic mass is 9.90. The molecule has 0 N–H and O–H groups in total. The minimum Gasteiger partial charge on any atom is -0.308 e. The monoisotopic (exact) mass is 702 g/mol. The minimum atomic E-state index is 0.688. The number of pyridine rings is 1. The maximum absolute atomic E-state index is 5.64. The highest BCUT2D eigenvalue weighted by atomic mass is 15.1. The molecule has 10 rings (SSSR count). The van der Waals surface area contributed by atoms with Crippen LogP contribution in [0.1, 0.15) is 0 Å². The predicted molar refractivity (Wildman–Crippen MR) is 229 cm³/mol. The molecule has 0 aliphatic rings. The molecule has 0 amide bonds. The Morgan fingerprint density at radius 2 is 0.855 bits per heavy atom. The number of anilines is 3. The highest BCUT2D eigenvalue weighted by Gasteiger charge is 2.22. The Bertz CT molecular complexity index is 2850. The Balaban J connectivity index is 1.31. The Hall–Kier alpha value is -7.43. The molecule has 55 heavy (non-hydrogen) atoms. The van der Waals surface area contributed by atoms with Crippen LogP contribution in [-0.4, -0.2) is 15.0 Å². The number of aromatic nitrogens is 3. The number of hydrogen-bond donors (Lipinski definition) is 0. The van der Waals surface area contributed by atoms with Crippen LogP contribution in [0.2, 0.25) is 0 Å². The van der Waals surface area contributed by atoms with Crippen molar-refractivity contribution in [3.05, 3.63) is 206 Å². The van der Waals surface area contributed by atoms with Crippen LogP contribution in [0.3, 0.4) is 0 Å². The van der Waals surface area contributed by atoms with Crippen LogP contribution in [0.5, 0.6) is 0 Å². The van der Waals surface area contributed by atoms with E-state index >= 15 is 0 Å². The second kappa shape index (κ2) is 13.8. The molecule has 10 aromatic rings. The molecule has 258 valence electrons. The molecule has 0 unspecified atom stereocenters. The topological polar surface area (TPSA) is 41.9 Å². The molecule has 4 nitrogen and oxygen atoms in total. The minimum absolute atomic E-state index is 0.688. The Morgan fingerprint density at radius 3 is 1.49 bits per heavy atom. The maximum Gasteiger partial charge on any atom is 0.160 e. The molecule has 0 radical (unpaired) electrons. The summed E-state index contributed by atoms with van der Waals surface area (Å²) in [6, 6.07) is 71.9. The fraction of sp³-hybridized carbons (Fsp3) is 0. The lowest BCUT2D eigenvalue weighted by Crippen LogP contribution is -2.11. The first-order chi connectivity index (χ1) is 27.3. The zero-order valence-corrected chi connectivity index (χ0v) is 29.9. The van der Waals surface area contributed by atoms with Crippen LogP contribution in [0.15, 0.2) is 206 Å². The van der Waals surface area contributed by atoms with Crippen molar-refractivity contribution in [1.82, 2.24) is 15.0 Å². The molecule has 0 saturated heterocycles. The maximum atomic E-state index is 5.64. The summed E-state index contributed by atoms with van der Waals surface area (Å²) in [6.45, 7) is 0. The van der Waals surface area contributed by atoms with E-state index in [9.17, 15) is 0 Å². The molecule has 0 aliphatic heterocycles. The molecule has 0 spiro atoms. The number of para-hydroxylation sites is 3. The van der Waals surface area contributed by atoms with Crippen LogP contribution in [0.25, 0.3) is 77.6 Å². The Labute approximate surface area is 319 Å². The molecule has 0 atom stereocenters. The predicted octanol–water partition coefficient (Wildman–Crippen LogP) is 13.5. The van der Waals surface area contributed by atoms with Gasteiger partial charge in [-0.2, -0.15) is 0 Å². The summed E-state index contributed by atoms with van der Waals surface area (Å²) in [6.07, 6.45) is 0. The van der Waals surface area contributed by atoms with Crippen molar-refractivity contribution >= 4 is 49.5 Å². The van der Waals surface area contributed by atoms with Gasteiger partial charge in [-0.05, 0) is 53.2 Å². The lowest BCUT2D eigenvalue weighted by molar-refractivity contribution is 1.19. The van der Waals surface area contributed by atoms with E-state index < -0.39 is 0 Å². The summed E-state index contributed by atoms with van der Waals surface area (Å²) in [5, 5.41) is 5.57. The molecule has 2 aromatic heterocycles. The van der Waals surface area contributed by atoms with Gasteiger partial charge in [-0.25, -0.2) is 15.0 Å². The third-order valence-corrected chi connectivity index (χ3v) is 10.2. The summed E-state index contributed by atoms with van der Waals surface area (Å²) in [5.74, 6) is 0.688. The van der Waals surface area contributed by atoms with Gasteiger partial charge < -0.3 is 4.90 Å². The highest BCUT2D eigenvalue weighted by Crippen LogP contribution is 2.45. The van der Waals surface area contributed by atoms with Crippen LogP contribution in [0.4, 0.5) is 17.1 Å². The second-order valence-corrected chi connectivity index (χ2v) is 13.6. The molecular formula is C51H34N4. The fourth-order valence-electron chi connectivity index (χ4n) is 7.72. The molecule has 8 aromatic carbocycles. The molecule has 0 bridgehead atoms. The molecule has 0 fully saturated rings. The van der Waals surface area contributed by atoms with Gasteiger partial charge in [-0.3, -0.25) is 0 Å². The third-order valence-electron chi connectivity index (χ3n) is 10.2. The van der Waals surface area contributed by atoms with Crippen molar-refractivity contribution < 1.29 is 0 Å². The molecular weight excluding hydrogens is 669 g/mol.